The van der Waals surface area contributed by atoms with Gasteiger partial charge < -0.3 is 5.73 Å². The second kappa shape index (κ2) is 5.46. The third-order valence-corrected chi connectivity index (χ3v) is 5.56. The molecule has 0 radical (unpaired) electrons. The Balaban J connectivity index is 2.15. The lowest BCUT2D eigenvalue weighted by atomic mass is 9.78. The highest BCUT2D eigenvalue weighted by Crippen LogP contribution is 2.30. The van der Waals surface area contributed by atoms with Crippen LogP contribution in [0.15, 0.2) is 23.2 Å². The molecular formula is C13H21N3O2S. The molecule has 1 heterocycles. The van der Waals surface area contributed by atoms with E-state index in [1.165, 1.54) is 24.8 Å². The molecule has 3 N–H and O–H groups in total. The van der Waals surface area contributed by atoms with E-state index in [1.54, 1.807) is 0 Å². The molecule has 5 nitrogen and oxygen atoms in total. The van der Waals surface area contributed by atoms with Crippen molar-refractivity contribution in [2.75, 3.05) is 5.73 Å². The zero-order valence-corrected chi connectivity index (χ0v) is 12.2. The summed E-state index contributed by atoms with van der Waals surface area (Å²) in [5.74, 6) is 1.22. The van der Waals surface area contributed by atoms with Crippen molar-refractivity contribution in [3.63, 3.8) is 0 Å². The Hall–Kier alpha value is -1.14. The summed E-state index contributed by atoms with van der Waals surface area (Å²) in [5, 5.41) is 0. The number of sulfonamides is 1. The molecule has 3 atom stereocenters. The summed E-state index contributed by atoms with van der Waals surface area (Å²) in [5.41, 5.74) is 5.47. The highest BCUT2D eigenvalue weighted by Gasteiger charge is 2.30. The molecule has 0 aliphatic heterocycles. The maximum atomic E-state index is 12.3. The highest BCUT2D eigenvalue weighted by atomic mass is 32.2. The molecule has 1 aromatic rings. The van der Waals surface area contributed by atoms with Gasteiger partial charge in [0.05, 0.1) is 0 Å². The largest absolute Gasteiger partial charge is 0.384 e. The summed E-state index contributed by atoms with van der Waals surface area (Å²) >= 11 is 0. The number of nitrogen functional groups attached to an aromatic ring is 1. The molecule has 0 spiro atoms. The van der Waals surface area contributed by atoms with Crippen LogP contribution in [0.2, 0.25) is 0 Å². The first kappa shape index (κ1) is 14.3. The van der Waals surface area contributed by atoms with Gasteiger partial charge in [-0.15, -0.1) is 0 Å². The Morgan fingerprint density at radius 3 is 2.68 bits per heavy atom. The van der Waals surface area contributed by atoms with E-state index in [9.17, 15) is 8.42 Å². The van der Waals surface area contributed by atoms with Gasteiger partial charge in [0.15, 0.2) is 0 Å². The van der Waals surface area contributed by atoms with Crippen LogP contribution in [0.4, 0.5) is 5.82 Å². The fourth-order valence-electron chi connectivity index (χ4n) is 2.57. The Kier molecular flexibility index (Phi) is 4.10. The number of nitrogens with one attached hydrogen (secondary N) is 1. The monoisotopic (exact) mass is 283 g/mol. The SMILES string of the molecule is CC1CCCC(NS(=O)(=O)c2ccc(N)nc2)C1C. The van der Waals surface area contributed by atoms with Crippen molar-refractivity contribution in [3.8, 4) is 0 Å². The van der Waals surface area contributed by atoms with E-state index < -0.39 is 10.0 Å². The van der Waals surface area contributed by atoms with Gasteiger partial charge in [0, 0.05) is 12.2 Å². The van der Waals surface area contributed by atoms with E-state index in [1.807, 2.05) is 0 Å². The summed E-state index contributed by atoms with van der Waals surface area (Å²) < 4.78 is 27.3. The van der Waals surface area contributed by atoms with E-state index in [4.69, 9.17) is 5.73 Å². The quantitative estimate of drug-likeness (QED) is 0.885. The summed E-state index contributed by atoms with van der Waals surface area (Å²) in [6.45, 7) is 4.29. The molecule has 3 unspecified atom stereocenters. The first-order valence-corrected chi connectivity index (χ1v) is 8.12. The summed E-state index contributed by atoms with van der Waals surface area (Å²) in [4.78, 5) is 4.00. The second-order valence-corrected chi connectivity index (χ2v) is 7.13. The van der Waals surface area contributed by atoms with E-state index in [0.29, 0.717) is 17.7 Å². The van der Waals surface area contributed by atoms with Crippen LogP contribution in [0.1, 0.15) is 33.1 Å². The third-order valence-electron chi connectivity index (χ3n) is 4.08. The molecule has 6 heteroatoms. The molecule has 0 saturated heterocycles. The van der Waals surface area contributed by atoms with Gasteiger partial charge in [-0.3, -0.25) is 0 Å². The van der Waals surface area contributed by atoms with Crippen LogP contribution in [-0.4, -0.2) is 19.4 Å². The highest BCUT2D eigenvalue weighted by molar-refractivity contribution is 7.89. The number of pyridine rings is 1. The molecular weight excluding hydrogens is 262 g/mol. The fourth-order valence-corrected chi connectivity index (χ4v) is 3.87. The van der Waals surface area contributed by atoms with Gasteiger partial charge in [-0.25, -0.2) is 18.1 Å². The Morgan fingerprint density at radius 1 is 1.32 bits per heavy atom. The average molecular weight is 283 g/mol. The molecule has 0 aromatic carbocycles. The molecule has 1 saturated carbocycles. The lowest BCUT2D eigenvalue weighted by Crippen LogP contribution is -2.43. The lowest BCUT2D eigenvalue weighted by Gasteiger charge is -2.34. The number of hydrogen-bond acceptors (Lipinski definition) is 4. The maximum Gasteiger partial charge on any atom is 0.242 e. The van der Waals surface area contributed by atoms with Crippen molar-refractivity contribution in [3.05, 3.63) is 18.3 Å². The minimum absolute atomic E-state index is 0.00584. The lowest BCUT2D eigenvalue weighted by molar-refractivity contribution is 0.227. The van der Waals surface area contributed by atoms with Gasteiger partial charge in [-0.05, 0) is 30.4 Å². The van der Waals surface area contributed by atoms with E-state index in [-0.39, 0.29) is 10.9 Å². The van der Waals surface area contributed by atoms with Gasteiger partial charge in [0.25, 0.3) is 0 Å². The van der Waals surface area contributed by atoms with Crippen molar-refractivity contribution in [2.45, 2.75) is 44.0 Å². The van der Waals surface area contributed by atoms with Crippen LogP contribution in [0.25, 0.3) is 0 Å². The van der Waals surface area contributed by atoms with Crippen LogP contribution < -0.4 is 10.5 Å². The first-order valence-electron chi connectivity index (χ1n) is 6.64. The van der Waals surface area contributed by atoms with Crippen molar-refractivity contribution in [1.82, 2.24) is 9.71 Å². The standard InChI is InChI=1S/C13H21N3O2S/c1-9-4-3-5-12(10(9)2)16-19(17,18)11-6-7-13(14)15-8-11/h6-10,12,16H,3-5H2,1-2H3,(H2,14,15). The second-order valence-electron chi connectivity index (χ2n) is 5.41. The van der Waals surface area contributed by atoms with Crippen LogP contribution >= 0.6 is 0 Å². The van der Waals surface area contributed by atoms with Gasteiger partial charge in [-0.1, -0.05) is 26.7 Å². The number of rotatable bonds is 3. The van der Waals surface area contributed by atoms with Crippen LogP contribution in [-0.2, 0) is 10.0 Å². The van der Waals surface area contributed by atoms with Crippen molar-refractivity contribution in [2.24, 2.45) is 11.8 Å². The number of hydrogen-bond donors (Lipinski definition) is 2. The maximum absolute atomic E-state index is 12.3. The average Bonchev–Trinajstić information content (AvgIpc) is 2.35. The molecule has 1 fully saturated rings. The molecule has 1 aliphatic rings. The van der Waals surface area contributed by atoms with E-state index in [0.717, 1.165) is 12.8 Å². The molecule has 19 heavy (non-hydrogen) atoms. The minimum Gasteiger partial charge on any atom is -0.384 e. The van der Waals surface area contributed by atoms with E-state index >= 15 is 0 Å². The Bertz CT molecular complexity index is 527. The predicted octanol–water partition coefficient (Wildman–Crippen LogP) is 1.77. The van der Waals surface area contributed by atoms with Crippen molar-refractivity contribution in [1.29, 1.82) is 0 Å². The summed E-state index contributed by atoms with van der Waals surface area (Å²) in [7, 11) is -3.50. The number of aromatic nitrogens is 1. The Morgan fingerprint density at radius 2 is 2.05 bits per heavy atom. The molecule has 0 bridgehead atoms. The number of anilines is 1. The van der Waals surface area contributed by atoms with Gasteiger partial charge in [0.1, 0.15) is 10.7 Å². The predicted molar refractivity (Wildman–Crippen MR) is 74.9 cm³/mol. The molecule has 0 amide bonds. The van der Waals surface area contributed by atoms with Crippen LogP contribution in [0.5, 0.6) is 0 Å². The van der Waals surface area contributed by atoms with Crippen LogP contribution in [0.3, 0.4) is 0 Å². The van der Waals surface area contributed by atoms with Crippen molar-refractivity contribution < 1.29 is 8.42 Å². The third kappa shape index (κ3) is 3.25. The molecule has 1 aromatic heterocycles. The zero-order chi connectivity index (χ0) is 14.0. The topological polar surface area (TPSA) is 85.1 Å². The van der Waals surface area contributed by atoms with Gasteiger partial charge >= 0.3 is 0 Å². The summed E-state index contributed by atoms with van der Waals surface area (Å²) in [6, 6.07) is 2.99. The van der Waals surface area contributed by atoms with Gasteiger partial charge in [-0.2, -0.15) is 0 Å². The van der Waals surface area contributed by atoms with Gasteiger partial charge in [0.2, 0.25) is 10.0 Å². The molecule has 2 rings (SSSR count). The molecule has 106 valence electrons. The molecule has 1 aliphatic carbocycles. The first-order chi connectivity index (χ1) is 8.90. The van der Waals surface area contributed by atoms with E-state index in [2.05, 4.69) is 23.6 Å². The van der Waals surface area contributed by atoms with Crippen molar-refractivity contribution >= 4 is 15.8 Å². The fraction of sp³-hybridized carbons (Fsp3) is 0.615. The summed E-state index contributed by atoms with van der Waals surface area (Å²) in [6.07, 6.45) is 4.43. The number of nitrogens with zero attached hydrogens (tertiary/aromatic N) is 1. The minimum atomic E-state index is -3.50. The normalized spacial score (nSPS) is 28.2. The Labute approximate surface area is 114 Å². The smallest absolute Gasteiger partial charge is 0.242 e. The zero-order valence-electron chi connectivity index (χ0n) is 11.3. The number of nitrogens with two attached hydrogens (primary N) is 1. The van der Waals surface area contributed by atoms with Crippen LogP contribution in [0, 0.1) is 11.8 Å².